The van der Waals surface area contributed by atoms with Crippen molar-refractivity contribution >= 4 is 51.5 Å². The quantitative estimate of drug-likeness (QED) is 0.182. The van der Waals surface area contributed by atoms with Gasteiger partial charge in [0.25, 0.3) is 11.8 Å². The number of hydrogen-bond donors (Lipinski definition) is 3. The first-order chi connectivity index (χ1) is 15.6. The third-order valence-electron chi connectivity index (χ3n) is 4.05. The van der Waals surface area contributed by atoms with Crippen molar-refractivity contribution in [3.63, 3.8) is 0 Å². The lowest BCUT2D eigenvalue weighted by atomic mass is 10.0. The average molecular weight is 580 g/mol. The second kappa shape index (κ2) is 11.8. The molecule has 0 saturated heterocycles. The summed E-state index contributed by atoms with van der Waals surface area (Å²) in [5.41, 5.74) is -0.809. The number of nitrogens with one attached hydrogen (secondary N) is 2. The fraction of sp³-hybridized carbons (Fsp3) is 0.250. The highest BCUT2D eigenvalue weighted by Crippen LogP contribution is 2.31. The number of aliphatic hydroxyl groups is 1. The van der Waals surface area contributed by atoms with E-state index in [2.05, 4.69) is 15.3 Å². The maximum absolute atomic E-state index is 15.2. The van der Waals surface area contributed by atoms with Gasteiger partial charge in [-0.25, -0.2) is 18.7 Å². The van der Waals surface area contributed by atoms with Gasteiger partial charge in [0.2, 0.25) is 0 Å². The largest absolute Gasteiger partial charge is 0.398 e. The number of anilines is 2. The Morgan fingerprint density at radius 3 is 2.42 bits per heavy atom. The number of hydroxylamine groups is 1. The molecule has 0 fully saturated rings. The lowest BCUT2D eigenvalue weighted by Gasteiger charge is -2.18. The molecule has 0 spiro atoms. The second-order valence-electron chi connectivity index (χ2n) is 6.55. The molecular formula is C20H20F3IN4O5. The minimum absolute atomic E-state index is 0.234. The van der Waals surface area contributed by atoms with Crippen LogP contribution in [0, 0.1) is 21.0 Å². The van der Waals surface area contributed by atoms with Gasteiger partial charge >= 0.3 is 0 Å². The molecule has 2 aromatic carbocycles. The van der Waals surface area contributed by atoms with E-state index in [1.54, 1.807) is 0 Å². The Bertz CT molecular complexity index is 1080. The van der Waals surface area contributed by atoms with E-state index in [9.17, 15) is 14.0 Å². The van der Waals surface area contributed by atoms with Crippen molar-refractivity contribution in [1.29, 1.82) is 0 Å². The molecule has 9 nitrogen and oxygen atoms in total. The van der Waals surface area contributed by atoms with Gasteiger partial charge in [0.15, 0.2) is 17.3 Å². The summed E-state index contributed by atoms with van der Waals surface area (Å²) in [6.07, 6.45) is 0. The molecule has 0 aliphatic carbocycles. The molecule has 0 atom stereocenters. The molecule has 3 N–H and O–H groups in total. The van der Waals surface area contributed by atoms with Crippen LogP contribution in [0.3, 0.4) is 0 Å². The number of likely N-dealkylation sites (N-methyl/N-ethyl adjacent to an activating group) is 1. The summed E-state index contributed by atoms with van der Waals surface area (Å²) in [6, 6.07) is 4.79. The van der Waals surface area contributed by atoms with Crippen LogP contribution in [0.2, 0.25) is 0 Å². The van der Waals surface area contributed by atoms with Crippen molar-refractivity contribution in [2.75, 3.05) is 39.7 Å². The van der Waals surface area contributed by atoms with Gasteiger partial charge in [0, 0.05) is 23.2 Å². The lowest BCUT2D eigenvalue weighted by molar-refractivity contribution is -0.121. The first kappa shape index (κ1) is 26.3. The topological polar surface area (TPSA) is 112 Å². The fourth-order valence-electron chi connectivity index (χ4n) is 2.55. The van der Waals surface area contributed by atoms with Crippen molar-refractivity contribution in [3.05, 3.63) is 56.4 Å². The molecule has 2 aromatic rings. The highest BCUT2D eigenvalue weighted by molar-refractivity contribution is 14.1. The summed E-state index contributed by atoms with van der Waals surface area (Å²) in [4.78, 5) is 35.5. The van der Waals surface area contributed by atoms with Gasteiger partial charge in [-0.3, -0.25) is 14.4 Å². The summed E-state index contributed by atoms with van der Waals surface area (Å²) in [6.45, 7) is -0.712. The van der Waals surface area contributed by atoms with Gasteiger partial charge in [0.1, 0.15) is 12.9 Å². The standard InChI is InChI=1S/C20H20F3IN4O5/c1-28(2)20(31)18(26-32-3)11-9-12(19(30)27-33-7-6-29)17(16(23)15(11)22)25-14-5-4-10(24)8-13(14)21/h4-5,8-9,25,29H,6-7H2,1-3H3,(H,27,30)/b26-18+. The fourth-order valence-corrected chi connectivity index (χ4v) is 3.00. The zero-order valence-corrected chi connectivity index (χ0v) is 19.9. The van der Waals surface area contributed by atoms with Crippen LogP contribution in [-0.4, -0.2) is 62.0 Å². The smallest absolute Gasteiger partial charge is 0.277 e. The molecule has 0 unspecified atom stereocenters. The van der Waals surface area contributed by atoms with Crippen molar-refractivity contribution in [2.45, 2.75) is 0 Å². The highest BCUT2D eigenvalue weighted by atomic mass is 127. The maximum Gasteiger partial charge on any atom is 0.277 e. The maximum atomic E-state index is 15.2. The number of carbonyl (C=O) groups is 2. The summed E-state index contributed by atoms with van der Waals surface area (Å²) in [5.74, 6) is -5.78. The normalized spacial score (nSPS) is 11.2. The Labute approximate surface area is 200 Å². The molecule has 0 aliphatic rings. The minimum Gasteiger partial charge on any atom is -0.398 e. The monoisotopic (exact) mass is 580 g/mol. The van der Waals surface area contributed by atoms with Crippen LogP contribution in [0.1, 0.15) is 15.9 Å². The van der Waals surface area contributed by atoms with E-state index in [-0.39, 0.29) is 12.3 Å². The summed E-state index contributed by atoms with van der Waals surface area (Å²) in [5, 5.41) is 14.7. The van der Waals surface area contributed by atoms with Crippen LogP contribution < -0.4 is 10.8 Å². The van der Waals surface area contributed by atoms with Crippen LogP contribution >= 0.6 is 22.6 Å². The first-order valence-electron chi connectivity index (χ1n) is 9.22. The summed E-state index contributed by atoms with van der Waals surface area (Å²) < 4.78 is 45.1. The van der Waals surface area contributed by atoms with E-state index < -0.39 is 58.4 Å². The molecule has 0 heterocycles. The van der Waals surface area contributed by atoms with Crippen LogP contribution in [0.4, 0.5) is 24.5 Å². The van der Waals surface area contributed by atoms with Crippen LogP contribution in [0.25, 0.3) is 0 Å². The number of benzene rings is 2. The van der Waals surface area contributed by atoms with Crippen molar-refractivity contribution in [3.8, 4) is 0 Å². The molecule has 33 heavy (non-hydrogen) atoms. The number of oxime groups is 1. The van der Waals surface area contributed by atoms with E-state index in [1.165, 1.54) is 26.2 Å². The Hall–Kier alpha value is -2.91. The third kappa shape index (κ3) is 6.33. The predicted octanol–water partition coefficient (Wildman–Crippen LogP) is 2.54. The second-order valence-corrected chi connectivity index (χ2v) is 7.79. The minimum atomic E-state index is -1.58. The molecule has 2 rings (SSSR count). The summed E-state index contributed by atoms with van der Waals surface area (Å²) in [7, 11) is 3.81. The van der Waals surface area contributed by atoms with Crippen LogP contribution in [-0.2, 0) is 14.5 Å². The van der Waals surface area contributed by atoms with E-state index in [0.29, 0.717) is 3.57 Å². The van der Waals surface area contributed by atoms with E-state index in [0.717, 1.165) is 24.1 Å². The Kier molecular flexibility index (Phi) is 9.43. The zero-order valence-electron chi connectivity index (χ0n) is 17.7. The number of nitrogens with zero attached hydrogens (tertiary/aromatic N) is 2. The number of carbonyl (C=O) groups excluding carboxylic acids is 2. The number of amides is 2. The first-order valence-corrected chi connectivity index (χ1v) is 10.3. The van der Waals surface area contributed by atoms with Crippen molar-refractivity contribution in [1.82, 2.24) is 10.4 Å². The highest BCUT2D eigenvalue weighted by Gasteiger charge is 2.29. The van der Waals surface area contributed by atoms with Gasteiger partial charge in [-0.15, -0.1) is 0 Å². The molecular weight excluding hydrogens is 560 g/mol. The van der Waals surface area contributed by atoms with E-state index in [4.69, 9.17) is 9.94 Å². The SMILES string of the molecule is CO/N=C(/C(=O)N(C)C)c1cc(C(=O)NOCCO)c(Nc2ccc(I)cc2F)c(F)c1F. The molecule has 178 valence electrons. The Morgan fingerprint density at radius 2 is 1.85 bits per heavy atom. The van der Waals surface area contributed by atoms with Gasteiger partial charge < -0.3 is 20.2 Å². The van der Waals surface area contributed by atoms with Gasteiger partial charge in [0.05, 0.1) is 30.2 Å². The van der Waals surface area contributed by atoms with Gasteiger partial charge in [-0.05, 0) is 46.9 Å². The Balaban J connectivity index is 2.70. The van der Waals surface area contributed by atoms with E-state index in [1.807, 2.05) is 28.1 Å². The lowest BCUT2D eigenvalue weighted by Crippen LogP contribution is -2.32. The molecule has 0 aliphatic heterocycles. The Morgan fingerprint density at radius 1 is 1.15 bits per heavy atom. The average Bonchev–Trinajstić information content (AvgIpc) is 2.77. The molecule has 0 saturated carbocycles. The van der Waals surface area contributed by atoms with Gasteiger partial charge in [-0.1, -0.05) is 5.16 Å². The van der Waals surface area contributed by atoms with Crippen LogP contribution in [0.15, 0.2) is 29.4 Å². The third-order valence-corrected chi connectivity index (χ3v) is 4.72. The summed E-state index contributed by atoms with van der Waals surface area (Å²) >= 11 is 1.87. The zero-order chi connectivity index (χ0) is 24.7. The van der Waals surface area contributed by atoms with Crippen molar-refractivity contribution < 1.29 is 37.5 Å². The van der Waals surface area contributed by atoms with Crippen molar-refractivity contribution in [2.24, 2.45) is 5.16 Å². The van der Waals surface area contributed by atoms with E-state index >= 15 is 8.78 Å². The number of hydrogen-bond acceptors (Lipinski definition) is 7. The van der Waals surface area contributed by atoms with Gasteiger partial charge in [-0.2, -0.15) is 0 Å². The number of aliphatic hydroxyl groups excluding tert-OH is 1. The molecule has 13 heteroatoms. The molecule has 0 radical (unpaired) electrons. The molecule has 0 aromatic heterocycles. The number of halogens is 4. The predicted molar refractivity (Wildman–Crippen MR) is 122 cm³/mol. The molecule has 0 bridgehead atoms. The number of rotatable bonds is 9. The van der Waals surface area contributed by atoms with Crippen LogP contribution in [0.5, 0.6) is 0 Å². The molecule has 2 amide bonds.